The van der Waals surface area contributed by atoms with Crippen molar-refractivity contribution in [2.45, 2.75) is 11.5 Å². The third-order valence-electron chi connectivity index (χ3n) is 3.31. The lowest BCUT2D eigenvalue weighted by Gasteiger charge is -2.10. The van der Waals surface area contributed by atoms with Crippen molar-refractivity contribution in [1.29, 1.82) is 0 Å². The molecule has 0 aliphatic rings. The molecule has 3 rings (SSSR count). The number of amides is 1. The van der Waals surface area contributed by atoms with Crippen LogP contribution in [0.1, 0.15) is 0 Å². The molecular formula is C17H12ClF3N4O2S. The molecule has 6 nitrogen and oxygen atoms in total. The summed E-state index contributed by atoms with van der Waals surface area (Å²) in [5.41, 5.74) is 1.09. The highest BCUT2D eigenvalue weighted by Crippen LogP contribution is 2.25. The standard InChI is InChI=1S/C17H12ClF3N4O2S/c18-11-2-1-3-13(8-11)25-10-22-24-16(25)28-9-15(26)23-12-4-6-14(7-5-12)27-17(19,20)21/h1-8,10H,9H2,(H,23,26). The van der Waals surface area contributed by atoms with E-state index in [4.69, 9.17) is 11.6 Å². The highest BCUT2D eigenvalue weighted by molar-refractivity contribution is 7.99. The van der Waals surface area contributed by atoms with Crippen LogP contribution in [0.4, 0.5) is 18.9 Å². The predicted molar refractivity (Wildman–Crippen MR) is 98.8 cm³/mol. The lowest BCUT2D eigenvalue weighted by molar-refractivity contribution is -0.274. The molecule has 1 amide bonds. The molecule has 1 aromatic heterocycles. The first-order chi connectivity index (χ1) is 13.3. The monoisotopic (exact) mass is 428 g/mol. The minimum Gasteiger partial charge on any atom is -0.406 e. The molecule has 0 saturated carbocycles. The van der Waals surface area contributed by atoms with Crippen molar-refractivity contribution in [3.05, 3.63) is 59.9 Å². The normalized spacial score (nSPS) is 11.3. The zero-order chi connectivity index (χ0) is 20.1. The number of thioether (sulfide) groups is 1. The Bertz CT molecular complexity index is 964. The largest absolute Gasteiger partial charge is 0.573 e. The third kappa shape index (κ3) is 5.64. The number of anilines is 1. The molecule has 0 radical (unpaired) electrons. The SMILES string of the molecule is O=C(CSc1nncn1-c1cccc(Cl)c1)Nc1ccc(OC(F)(F)F)cc1. The van der Waals surface area contributed by atoms with Gasteiger partial charge in [-0.15, -0.1) is 23.4 Å². The van der Waals surface area contributed by atoms with Gasteiger partial charge in [0.2, 0.25) is 5.91 Å². The fraction of sp³-hybridized carbons (Fsp3) is 0.118. The van der Waals surface area contributed by atoms with Crippen molar-refractivity contribution in [3.63, 3.8) is 0 Å². The lowest BCUT2D eigenvalue weighted by atomic mass is 10.3. The zero-order valence-electron chi connectivity index (χ0n) is 14.0. The molecule has 0 fully saturated rings. The molecule has 1 N–H and O–H groups in total. The Morgan fingerprint density at radius 1 is 1.21 bits per heavy atom. The highest BCUT2D eigenvalue weighted by atomic mass is 35.5. The topological polar surface area (TPSA) is 69.0 Å². The van der Waals surface area contributed by atoms with E-state index in [0.29, 0.717) is 15.9 Å². The van der Waals surface area contributed by atoms with Crippen LogP contribution in [-0.2, 0) is 4.79 Å². The lowest BCUT2D eigenvalue weighted by Crippen LogP contribution is -2.17. The molecule has 0 saturated heterocycles. The van der Waals surface area contributed by atoms with E-state index in [2.05, 4.69) is 20.3 Å². The minimum absolute atomic E-state index is 0.0278. The van der Waals surface area contributed by atoms with Crippen molar-refractivity contribution >= 4 is 35.0 Å². The van der Waals surface area contributed by atoms with Crippen molar-refractivity contribution in [2.24, 2.45) is 0 Å². The number of alkyl halides is 3. The summed E-state index contributed by atoms with van der Waals surface area (Å²) in [6.07, 6.45) is -3.26. The summed E-state index contributed by atoms with van der Waals surface area (Å²) in [5, 5.41) is 11.5. The van der Waals surface area contributed by atoms with Crippen LogP contribution in [0.5, 0.6) is 5.75 Å². The Kier molecular flexibility index (Phi) is 6.10. The second-order valence-corrected chi connectivity index (χ2v) is 6.75. The number of rotatable bonds is 6. The fourth-order valence-electron chi connectivity index (χ4n) is 2.19. The first kappa shape index (κ1) is 20.0. The maximum atomic E-state index is 12.1. The number of benzene rings is 2. The number of ether oxygens (including phenoxy) is 1. The number of aromatic nitrogens is 3. The van der Waals surface area contributed by atoms with Crippen LogP contribution in [-0.4, -0.2) is 32.8 Å². The minimum atomic E-state index is -4.76. The second-order valence-electron chi connectivity index (χ2n) is 5.37. The molecule has 11 heteroatoms. The maximum Gasteiger partial charge on any atom is 0.573 e. The summed E-state index contributed by atoms with van der Waals surface area (Å²) < 4.78 is 41.9. The number of carbonyl (C=O) groups is 1. The van der Waals surface area contributed by atoms with Crippen molar-refractivity contribution in [1.82, 2.24) is 14.8 Å². The smallest absolute Gasteiger partial charge is 0.406 e. The van der Waals surface area contributed by atoms with Gasteiger partial charge in [0.25, 0.3) is 0 Å². The van der Waals surface area contributed by atoms with Crippen LogP contribution < -0.4 is 10.1 Å². The summed E-state index contributed by atoms with van der Waals surface area (Å²) in [7, 11) is 0. The summed E-state index contributed by atoms with van der Waals surface area (Å²) in [6.45, 7) is 0. The quantitative estimate of drug-likeness (QED) is 0.583. The van der Waals surface area contributed by atoms with Crippen LogP contribution in [0.25, 0.3) is 5.69 Å². The third-order valence-corrected chi connectivity index (χ3v) is 4.49. The number of nitrogens with one attached hydrogen (secondary N) is 1. The van der Waals surface area contributed by atoms with Gasteiger partial charge in [0, 0.05) is 10.7 Å². The molecule has 1 heterocycles. The van der Waals surface area contributed by atoms with Crippen molar-refractivity contribution in [2.75, 3.05) is 11.1 Å². The highest BCUT2D eigenvalue weighted by Gasteiger charge is 2.30. The molecular weight excluding hydrogens is 417 g/mol. The van der Waals surface area contributed by atoms with Crippen molar-refractivity contribution < 1.29 is 22.7 Å². The summed E-state index contributed by atoms with van der Waals surface area (Å²) in [5.74, 6) is -0.690. The molecule has 0 unspecified atom stereocenters. The fourth-order valence-corrected chi connectivity index (χ4v) is 3.11. The van der Waals surface area contributed by atoms with E-state index in [1.807, 2.05) is 6.07 Å². The van der Waals surface area contributed by atoms with Crippen LogP contribution >= 0.6 is 23.4 Å². The Morgan fingerprint density at radius 2 is 1.96 bits per heavy atom. The molecule has 0 bridgehead atoms. The predicted octanol–water partition coefficient (Wildman–Crippen LogP) is 4.55. The van der Waals surface area contributed by atoms with E-state index in [1.165, 1.54) is 18.5 Å². The first-order valence-electron chi connectivity index (χ1n) is 7.74. The number of carbonyl (C=O) groups excluding carboxylic acids is 1. The Morgan fingerprint density at radius 3 is 2.64 bits per heavy atom. The van der Waals surface area contributed by atoms with Gasteiger partial charge >= 0.3 is 6.36 Å². The zero-order valence-corrected chi connectivity index (χ0v) is 15.6. The van der Waals surface area contributed by atoms with Gasteiger partial charge in [-0.1, -0.05) is 29.4 Å². The van der Waals surface area contributed by atoms with Gasteiger partial charge in [-0.2, -0.15) is 0 Å². The Labute approximate surface area is 166 Å². The van der Waals surface area contributed by atoms with Gasteiger partial charge in [0.1, 0.15) is 12.1 Å². The molecule has 2 aromatic carbocycles. The molecule has 0 spiro atoms. The van der Waals surface area contributed by atoms with Gasteiger partial charge < -0.3 is 10.1 Å². The number of halogens is 4. The van der Waals surface area contributed by atoms with E-state index < -0.39 is 6.36 Å². The molecule has 146 valence electrons. The van der Waals surface area contributed by atoms with Crippen LogP contribution in [0.15, 0.2) is 60.0 Å². The van der Waals surface area contributed by atoms with Gasteiger partial charge in [-0.05, 0) is 42.5 Å². The van der Waals surface area contributed by atoms with Gasteiger partial charge in [0.15, 0.2) is 5.16 Å². The number of nitrogens with zero attached hydrogens (tertiary/aromatic N) is 3. The van der Waals surface area contributed by atoms with E-state index >= 15 is 0 Å². The van der Waals surface area contributed by atoms with Crippen LogP contribution in [0.2, 0.25) is 5.02 Å². The van der Waals surface area contributed by atoms with Gasteiger partial charge in [-0.3, -0.25) is 9.36 Å². The molecule has 0 aliphatic carbocycles. The van der Waals surface area contributed by atoms with Crippen LogP contribution in [0.3, 0.4) is 0 Å². The number of hydrogen-bond acceptors (Lipinski definition) is 5. The maximum absolute atomic E-state index is 12.1. The summed E-state index contributed by atoms with van der Waals surface area (Å²) in [4.78, 5) is 12.1. The van der Waals surface area contributed by atoms with Gasteiger partial charge in [0.05, 0.1) is 11.4 Å². The molecule has 28 heavy (non-hydrogen) atoms. The average Bonchev–Trinajstić information content (AvgIpc) is 3.09. The molecule has 0 atom stereocenters. The van der Waals surface area contributed by atoms with E-state index in [0.717, 1.165) is 29.6 Å². The molecule has 3 aromatic rings. The molecule has 0 aliphatic heterocycles. The summed E-state index contributed by atoms with van der Waals surface area (Å²) >= 11 is 7.14. The van der Waals surface area contributed by atoms with Crippen molar-refractivity contribution in [3.8, 4) is 11.4 Å². The Balaban J connectivity index is 1.58. The average molecular weight is 429 g/mol. The number of hydrogen-bond donors (Lipinski definition) is 1. The Hall–Kier alpha value is -2.72. The first-order valence-corrected chi connectivity index (χ1v) is 9.11. The van der Waals surface area contributed by atoms with Gasteiger partial charge in [-0.25, -0.2) is 0 Å². The second kappa shape index (κ2) is 8.53. The summed E-state index contributed by atoms with van der Waals surface area (Å²) in [6, 6.07) is 11.9. The van der Waals surface area contributed by atoms with E-state index in [9.17, 15) is 18.0 Å². The van der Waals surface area contributed by atoms with E-state index in [1.54, 1.807) is 22.8 Å². The van der Waals surface area contributed by atoms with Crippen LogP contribution in [0, 0.1) is 0 Å². The van der Waals surface area contributed by atoms with E-state index in [-0.39, 0.29) is 17.4 Å².